The normalized spacial score (nSPS) is 10.0. The summed E-state index contributed by atoms with van der Waals surface area (Å²) in [5, 5.41) is 8.45. The summed E-state index contributed by atoms with van der Waals surface area (Å²) in [7, 11) is 0. The Morgan fingerprint density at radius 2 is 2.00 bits per heavy atom. The average molecular weight is 293 g/mol. The minimum absolute atomic E-state index is 0.0732. The third kappa shape index (κ3) is 5.36. The second-order valence-electron chi connectivity index (χ2n) is 4.56. The quantitative estimate of drug-likeness (QED) is 0.743. The molecule has 20 heavy (non-hydrogen) atoms. The van der Waals surface area contributed by atoms with E-state index < -0.39 is 0 Å². The molecule has 0 heterocycles. The van der Waals surface area contributed by atoms with Crippen LogP contribution in [0.2, 0.25) is 0 Å². The number of anilines is 1. The third-order valence-electron chi connectivity index (χ3n) is 2.38. The van der Waals surface area contributed by atoms with Crippen LogP contribution in [0.3, 0.4) is 0 Å². The number of carbonyl (C=O) groups is 2. The molecule has 5 nitrogen and oxygen atoms in total. The topological polar surface area (TPSA) is 70.2 Å². The van der Waals surface area contributed by atoms with Gasteiger partial charge in [-0.15, -0.1) is 0 Å². The highest BCUT2D eigenvalue weighted by Crippen LogP contribution is 2.10. The Morgan fingerprint density at radius 3 is 2.60 bits per heavy atom. The Labute approximate surface area is 124 Å². The van der Waals surface area contributed by atoms with E-state index in [4.69, 9.17) is 12.2 Å². The molecule has 1 aromatic rings. The van der Waals surface area contributed by atoms with Gasteiger partial charge in [0.25, 0.3) is 5.91 Å². The predicted molar refractivity (Wildman–Crippen MR) is 83.7 cm³/mol. The van der Waals surface area contributed by atoms with E-state index in [1.54, 1.807) is 31.2 Å². The van der Waals surface area contributed by atoms with Crippen molar-refractivity contribution < 1.29 is 9.59 Å². The van der Waals surface area contributed by atoms with Crippen LogP contribution >= 0.6 is 12.2 Å². The molecule has 0 saturated carbocycles. The second kappa shape index (κ2) is 7.59. The first-order chi connectivity index (χ1) is 9.42. The number of benzene rings is 1. The fraction of sp³-hybridized carbons (Fsp3) is 0.357. The molecule has 0 atom stereocenters. The van der Waals surface area contributed by atoms with Gasteiger partial charge in [0, 0.05) is 23.7 Å². The molecule has 0 aliphatic heterocycles. The highest BCUT2D eigenvalue weighted by molar-refractivity contribution is 7.80. The zero-order valence-electron chi connectivity index (χ0n) is 11.8. The summed E-state index contributed by atoms with van der Waals surface area (Å²) in [6.07, 6.45) is 0.360. The lowest BCUT2D eigenvalue weighted by atomic mass is 10.2. The van der Waals surface area contributed by atoms with Gasteiger partial charge in [0.05, 0.1) is 0 Å². The van der Waals surface area contributed by atoms with Crippen LogP contribution in [0.25, 0.3) is 0 Å². The van der Waals surface area contributed by atoms with E-state index in [1.807, 2.05) is 13.8 Å². The monoisotopic (exact) mass is 293 g/mol. The van der Waals surface area contributed by atoms with Crippen LogP contribution in [-0.2, 0) is 4.79 Å². The average Bonchev–Trinajstić information content (AvgIpc) is 2.37. The van der Waals surface area contributed by atoms with Crippen molar-refractivity contribution >= 4 is 34.8 Å². The van der Waals surface area contributed by atoms with E-state index in [2.05, 4.69) is 16.0 Å². The Morgan fingerprint density at radius 1 is 1.30 bits per heavy atom. The summed E-state index contributed by atoms with van der Waals surface area (Å²) < 4.78 is 0. The number of nitrogens with one attached hydrogen (secondary N) is 3. The Hall–Kier alpha value is -1.95. The minimum atomic E-state index is -0.156. The molecule has 1 aromatic carbocycles. The van der Waals surface area contributed by atoms with Crippen LogP contribution in [0.4, 0.5) is 5.69 Å². The van der Waals surface area contributed by atoms with Gasteiger partial charge < -0.3 is 16.0 Å². The van der Waals surface area contributed by atoms with Crippen molar-refractivity contribution in [2.24, 2.45) is 0 Å². The van der Waals surface area contributed by atoms with Crippen LogP contribution in [0, 0.1) is 0 Å². The lowest BCUT2D eigenvalue weighted by molar-refractivity contribution is -0.119. The number of thiocarbonyl (C=S) groups is 1. The van der Waals surface area contributed by atoms with Gasteiger partial charge in [-0.1, -0.05) is 13.0 Å². The van der Waals surface area contributed by atoms with E-state index in [0.29, 0.717) is 17.7 Å². The molecule has 2 amide bonds. The van der Waals surface area contributed by atoms with Crippen LogP contribution in [-0.4, -0.2) is 23.0 Å². The van der Waals surface area contributed by atoms with E-state index in [1.165, 1.54) is 0 Å². The van der Waals surface area contributed by atoms with Crippen molar-refractivity contribution in [2.75, 3.05) is 5.32 Å². The van der Waals surface area contributed by atoms with Crippen molar-refractivity contribution in [1.82, 2.24) is 10.6 Å². The molecule has 108 valence electrons. The van der Waals surface area contributed by atoms with Gasteiger partial charge in [0.15, 0.2) is 5.11 Å². The number of hydrogen-bond donors (Lipinski definition) is 3. The van der Waals surface area contributed by atoms with Crippen molar-refractivity contribution in [2.45, 2.75) is 33.2 Å². The fourth-order valence-corrected chi connectivity index (χ4v) is 1.69. The first kappa shape index (κ1) is 16.1. The summed E-state index contributed by atoms with van der Waals surface area (Å²) in [6.45, 7) is 5.54. The second-order valence-corrected chi connectivity index (χ2v) is 4.97. The molecule has 0 bridgehead atoms. The van der Waals surface area contributed by atoms with Gasteiger partial charge in [-0.25, -0.2) is 0 Å². The van der Waals surface area contributed by atoms with Crippen molar-refractivity contribution in [1.29, 1.82) is 0 Å². The van der Waals surface area contributed by atoms with Gasteiger partial charge >= 0.3 is 0 Å². The highest BCUT2D eigenvalue weighted by atomic mass is 32.1. The molecule has 1 rings (SSSR count). The summed E-state index contributed by atoms with van der Waals surface area (Å²) in [5.41, 5.74) is 1.19. The van der Waals surface area contributed by atoms with Crippen LogP contribution in [0.15, 0.2) is 24.3 Å². The van der Waals surface area contributed by atoms with Crippen molar-refractivity contribution in [3.8, 4) is 0 Å². The SMILES string of the molecule is CCC(=O)NC(=S)Nc1cccc(C(=O)NC(C)C)c1. The molecule has 3 N–H and O–H groups in total. The lowest BCUT2D eigenvalue weighted by Crippen LogP contribution is -2.33. The number of hydrogen-bond acceptors (Lipinski definition) is 3. The molecule has 0 saturated heterocycles. The van der Waals surface area contributed by atoms with Gasteiger partial charge in [-0.05, 0) is 44.3 Å². The maximum atomic E-state index is 11.9. The van der Waals surface area contributed by atoms with Crippen LogP contribution in [0.1, 0.15) is 37.6 Å². The summed E-state index contributed by atoms with van der Waals surface area (Å²) in [5.74, 6) is -0.302. The molecule has 0 spiro atoms. The Balaban J connectivity index is 2.71. The smallest absolute Gasteiger partial charge is 0.251 e. The molecule has 0 aliphatic rings. The van der Waals surface area contributed by atoms with Gasteiger partial charge in [0.1, 0.15) is 0 Å². The van der Waals surface area contributed by atoms with Gasteiger partial charge in [-0.2, -0.15) is 0 Å². The largest absolute Gasteiger partial charge is 0.350 e. The molecular formula is C14H19N3O2S. The number of carbonyl (C=O) groups excluding carboxylic acids is 2. The van der Waals surface area contributed by atoms with Gasteiger partial charge in [0.2, 0.25) is 5.91 Å². The maximum absolute atomic E-state index is 11.9. The van der Waals surface area contributed by atoms with Crippen LogP contribution in [0.5, 0.6) is 0 Å². The van der Waals surface area contributed by atoms with E-state index in [0.717, 1.165) is 0 Å². The van der Waals surface area contributed by atoms with Crippen LogP contribution < -0.4 is 16.0 Å². The fourth-order valence-electron chi connectivity index (χ4n) is 1.46. The molecule has 0 fully saturated rings. The molecule has 0 unspecified atom stereocenters. The highest BCUT2D eigenvalue weighted by Gasteiger charge is 2.08. The summed E-state index contributed by atoms with van der Waals surface area (Å²) in [6, 6.07) is 7.00. The predicted octanol–water partition coefficient (Wildman–Crippen LogP) is 2.05. The summed E-state index contributed by atoms with van der Waals surface area (Å²) in [4.78, 5) is 23.1. The Bertz CT molecular complexity index is 515. The van der Waals surface area contributed by atoms with Crippen molar-refractivity contribution in [3.63, 3.8) is 0 Å². The number of rotatable bonds is 4. The molecule has 0 aliphatic carbocycles. The first-order valence-corrected chi connectivity index (χ1v) is 6.85. The first-order valence-electron chi connectivity index (χ1n) is 6.44. The minimum Gasteiger partial charge on any atom is -0.350 e. The van der Waals surface area contributed by atoms with Crippen molar-refractivity contribution in [3.05, 3.63) is 29.8 Å². The standard InChI is InChI=1S/C14H19N3O2S/c1-4-12(18)17-14(20)16-11-7-5-6-10(8-11)13(19)15-9(2)3/h5-9H,4H2,1-3H3,(H,15,19)(H2,16,17,18,20). The third-order valence-corrected chi connectivity index (χ3v) is 2.58. The zero-order chi connectivity index (χ0) is 15.1. The van der Waals surface area contributed by atoms with E-state index in [9.17, 15) is 9.59 Å². The van der Waals surface area contributed by atoms with Gasteiger partial charge in [-0.3, -0.25) is 9.59 Å². The molecular weight excluding hydrogens is 274 g/mol. The summed E-state index contributed by atoms with van der Waals surface area (Å²) >= 11 is 5.01. The molecule has 0 radical (unpaired) electrons. The number of amides is 2. The zero-order valence-corrected chi connectivity index (χ0v) is 12.6. The molecule has 6 heteroatoms. The maximum Gasteiger partial charge on any atom is 0.251 e. The van der Waals surface area contributed by atoms with E-state index in [-0.39, 0.29) is 23.0 Å². The van der Waals surface area contributed by atoms with E-state index >= 15 is 0 Å². The Kier molecular flexibility index (Phi) is 6.11. The molecule has 0 aromatic heterocycles. The lowest BCUT2D eigenvalue weighted by Gasteiger charge is -2.11.